The molecule has 0 saturated heterocycles. The number of pyridine rings is 1. The molecule has 17 heavy (non-hydrogen) atoms. The molecule has 0 aliphatic rings. The van der Waals surface area contributed by atoms with Gasteiger partial charge in [0.2, 0.25) is 5.88 Å². The highest BCUT2D eigenvalue weighted by Crippen LogP contribution is 2.23. The van der Waals surface area contributed by atoms with Gasteiger partial charge in [-0.05, 0) is 19.0 Å². The minimum atomic E-state index is -4.37. The first kappa shape index (κ1) is 13.8. The van der Waals surface area contributed by atoms with Crippen molar-refractivity contribution in [2.24, 2.45) is 0 Å². The van der Waals surface area contributed by atoms with E-state index >= 15 is 0 Å². The molecule has 1 aromatic heterocycles. The van der Waals surface area contributed by atoms with Crippen molar-refractivity contribution < 1.29 is 17.9 Å². The summed E-state index contributed by atoms with van der Waals surface area (Å²) in [5.41, 5.74) is 0.902. The molecule has 0 aliphatic carbocycles. The normalized spacial score (nSPS) is 13.5. The van der Waals surface area contributed by atoms with Crippen molar-refractivity contribution in [3.8, 4) is 5.88 Å². The van der Waals surface area contributed by atoms with Crippen LogP contribution in [0, 0.1) is 0 Å². The lowest BCUT2D eigenvalue weighted by atomic mass is 10.3. The molecule has 6 heteroatoms. The Kier molecular flexibility index (Phi) is 4.74. The summed E-state index contributed by atoms with van der Waals surface area (Å²) in [6.07, 6.45) is -4.72. The van der Waals surface area contributed by atoms with Crippen molar-refractivity contribution in [2.45, 2.75) is 32.7 Å². The predicted molar refractivity (Wildman–Crippen MR) is 57.8 cm³/mol. The molecule has 0 radical (unpaired) electrons. The van der Waals surface area contributed by atoms with Crippen molar-refractivity contribution in [2.75, 3.05) is 6.54 Å². The Morgan fingerprint density at radius 2 is 2.12 bits per heavy atom. The summed E-state index contributed by atoms with van der Waals surface area (Å²) in [4.78, 5) is 3.82. The number of nitrogens with one attached hydrogen (secondary N) is 1. The molecule has 1 rings (SSSR count). The molecular weight excluding hydrogens is 233 g/mol. The van der Waals surface area contributed by atoms with E-state index in [2.05, 4.69) is 15.0 Å². The van der Waals surface area contributed by atoms with Crippen molar-refractivity contribution in [3.63, 3.8) is 0 Å². The summed E-state index contributed by atoms with van der Waals surface area (Å²) in [7, 11) is 0. The van der Waals surface area contributed by atoms with Crippen LogP contribution >= 0.6 is 0 Å². The van der Waals surface area contributed by atoms with Gasteiger partial charge in [0.05, 0.1) is 0 Å². The van der Waals surface area contributed by atoms with E-state index in [9.17, 15) is 13.2 Å². The van der Waals surface area contributed by atoms with E-state index in [-0.39, 0.29) is 5.88 Å². The van der Waals surface area contributed by atoms with Gasteiger partial charge in [0, 0.05) is 18.8 Å². The molecule has 1 N–H and O–H groups in total. The van der Waals surface area contributed by atoms with Gasteiger partial charge in [0.1, 0.15) is 0 Å². The molecule has 1 unspecified atom stereocenters. The molecule has 1 atom stereocenters. The summed E-state index contributed by atoms with van der Waals surface area (Å²) in [5.74, 6) is -0.0185. The molecule has 0 bridgehead atoms. The van der Waals surface area contributed by atoms with Crippen molar-refractivity contribution in [1.82, 2.24) is 10.3 Å². The second-order valence-electron chi connectivity index (χ2n) is 3.59. The van der Waals surface area contributed by atoms with E-state index in [1.54, 1.807) is 6.07 Å². The van der Waals surface area contributed by atoms with Crippen LogP contribution in [-0.2, 0) is 6.54 Å². The van der Waals surface area contributed by atoms with Gasteiger partial charge >= 0.3 is 6.18 Å². The van der Waals surface area contributed by atoms with Crippen LogP contribution in [-0.4, -0.2) is 23.8 Å². The van der Waals surface area contributed by atoms with Gasteiger partial charge in [-0.1, -0.05) is 13.0 Å². The van der Waals surface area contributed by atoms with Crippen LogP contribution in [0.25, 0.3) is 0 Å². The van der Waals surface area contributed by atoms with E-state index in [4.69, 9.17) is 0 Å². The highest BCUT2D eigenvalue weighted by molar-refractivity contribution is 5.18. The molecular formula is C11H15F3N2O. The summed E-state index contributed by atoms with van der Waals surface area (Å²) < 4.78 is 41.3. The minimum Gasteiger partial charge on any atom is -0.465 e. The van der Waals surface area contributed by atoms with Crippen LogP contribution in [0.4, 0.5) is 13.2 Å². The first-order valence-corrected chi connectivity index (χ1v) is 5.32. The van der Waals surface area contributed by atoms with E-state index < -0.39 is 12.3 Å². The summed E-state index contributed by atoms with van der Waals surface area (Å²) in [6, 6.07) is 3.13. The zero-order chi connectivity index (χ0) is 12.9. The second-order valence-corrected chi connectivity index (χ2v) is 3.59. The highest BCUT2D eigenvalue weighted by atomic mass is 19.4. The Balaban J connectivity index is 2.56. The van der Waals surface area contributed by atoms with Gasteiger partial charge in [-0.3, -0.25) is 0 Å². The maximum atomic E-state index is 12.2. The van der Waals surface area contributed by atoms with Gasteiger partial charge in [0.25, 0.3) is 0 Å². The molecule has 3 nitrogen and oxygen atoms in total. The maximum absolute atomic E-state index is 12.2. The largest absolute Gasteiger partial charge is 0.465 e. The topological polar surface area (TPSA) is 34.1 Å². The Morgan fingerprint density at radius 1 is 1.41 bits per heavy atom. The lowest BCUT2D eigenvalue weighted by Crippen LogP contribution is -2.31. The number of hydrogen-bond donors (Lipinski definition) is 1. The minimum absolute atomic E-state index is 0.0185. The summed E-state index contributed by atoms with van der Waals surface area (Å²) >= 11 is 0. The fourth-order valence-electron chi connectivity index (χ4n) is 1.10. The monoisotopic (exact) mass is 248 g/mol. The summed E-state index contributed by atoms with van der Waals surface area (Å²) in [5, 5.41) is 3.09. The van der Waals surface area contributed by atoms with E-state index in [1.807, 2.05) is 6.92 Å². The fraction of sp³-hybridized carbons (Fsp3) is 0.545. The number of hydrogen-bond acceptors (Lipinski definition) is 3. The van der Waals surface area contributed by atoms with Crippen LogP contribution in [0.1, 0.15) is 19.4 Å². The number of aromatic nitrogens is 1. The molecule has 0 saturated carbocycles. The first-order chi connectivity index (χ1) is 7.93. The average molecular weight is 248 g/mol. The van der Waals surface area contributed by atoms with Crippen molar-refractivity contribution in [1.29, 1.82) is 0 Å². The van der Waals surface area contributed by atoms with Crippen LogP contribution in [0.15, 0.2) is 18.3 Å². The average Bonchev–Trinajstić information content (AvgIpc) is 2.27. The van der Waals surface area contributed by atoms with Crippen LogP contribution in [0.5, 0.6) is 5.88 Å². The second kappa shape index (κ2) is 5.86. The summed E-state index contributed by atoms with van der Waals surface area (Å²) in [6.45, 7) is 4.38. The van der Waals surface area contributed by atoms with Crippen molar-refractivity contribution >= 4 is 0 Å². The number of alkyl halides is 3. The van der Waals surface area contributed by atoms with Gasteiger partial charge < -0.3 is 10.1 Å². The molecule has 0 aromatic carbocycles. The van der Waals surface area contributed by atoms with Gasteiger partial charge in [0.15, 0.2) is 6.10 Å². The number of rotatable bonds is 5. The lowest BCUT2D eigenvalue weighted by Gasteiger charge is -2.16. The number of nitrogens with zero attached hydrogens (tertiary/aromatic N) is 1. The molecule has 1 heterocycles. The zero-order valence-corrected chi connectivity index (χ0v) is 9.71. The molecule has 1 aromatic rings. The smallest absolute Gasteiger partial charge is 0.425 e. The van der Waals surface area contributed by atoms with Crippen LogP contribution in [0.2, 0.25) is 0 Å². The predicted octanol–water partition coefficient (Wildman–Crippen LogP) is 2.52. The van der Waals surface area contributed by atoms with E-state index in [0.29, 0.717) is 6.54 Å². The standard InChI is InChI=1S/C11H15F3N2O/c1-3-15-6-9-4-5-10(16-7-9)17-8(2)11(12,13)14/h4-5,7-8,15H,3,6H2,1-2H3. The third-order valence-corrected chi connectivity index (χ3v) is 2.14. The Hall–Kier alpha value is -1.30. The molecule has 0 spiro atoms. The molecule has 0 fully saturated rings. The Morgan fingerprint density at radius 3 is 2.59 bits per heavy atom. The third kappa shape index (κ3) is 4.60. The SMILES string of the molecule is CCNCc1ccc(OC(C)C(F)(F)F)nc1. The zero-order valence-electron chi connectivity index (χ0n) is 9.71. The van der Waals surface area contributed by atoms with Crippen LogP contribution in [0.3, 0.4) is 0 Å². The van der Waals surface area contributed by atoms with Crippen LogP contribution < -0.4 is 10.1 Å². The van der Waals surface area contributed by atoms with E-state index in [1.165, 1.54) is 12.3 Å². The van der Waals surface area contributed by atoms with Gasteiger partial charge in [-0.15, -0.1) is 0 Å². The van der Waals surface area contributed by atoms with Gasteiger partial charge in [-0.25, -0.2) is 4.98 Å². The number of halogens is 3. The lowest BCUT2D eigenvalue weighted by molar-refractivity contribution is -0.189. The van der Waals surface area contributed by atoms with Crippen molar-refractivity contribution in [3.05, 3.63) is 23.9 Å². The Labute approximate surface area is 98.0 Å². The first-order valence-electron chi connectivity index (χ1n) is 5.32. The maximum Gasteiger partial charge on any atom is 0.425 e. The quantitative estimate of drug-likeness (QED) is 0.869. The molecule has 0 amide bonds. The fourth-order valence-corrected chi connectivity index (χ4v) is 1.10. The van der Waals surface area contributed by atoms with Gasteiger partial charge in [-0.2, -0.15) is 13.2 Å². The number of ether oxygens (including phenoxy) is 1. The highest BCUT2D eigenvalue weighted by Gasteiger charge is 2.38. The third-order valence-electron chi connectivity index (χ3n) is 2.14. The van der Waals surface area contributed by atoms with E-state index in [0.717, 1.165) is 19.0 Å². The Bertz CT molecular complexity index is 338. The molecule has 96 valence electrons. The molecule has 0 aliphatic heterocycles.